The van der Waals surface area contributed by atoms with Gasteiger partial charge in [0.25, 0.3) is 11.8 Å². The van der Waals surface area contributed by atoms with Gasteiger partial charge in [0.05, 0.1) is 12.1 Å². The molecule has 0 aliphatic carbocycles. The zero-order valence-corrected chi connectivity index (χ0v) is 18.3. The molecule has 3 aromatic rings. The van der Waals surface area contributed by atoms with E-state index in [0.717, 1.165) is 39.1 Å². The molecule has 0 unspecified atom stereocenters. The molecule has 4 heteroatoms. The topological polar surface area (TPSA) is 49.4 Å². The Balaban J connectivity index is 1.77. The lowest BCUT2D eigenvalue weighted by Crippen LogP contribution is -2.32. The number of benzene rings is 3. The Morgan fingerprint density at radius 2 is 1.42 bits per heavy atom. The van der Waals surface area contributed by atoms with Crippen LogP contribution in [0.25, 0.3) is 5.57 Å². The zero-order chi connectivity index (χ0) is 22.1. The Labute approximate surface area is 183 Å². The van der Waals surface area contributed by atoms with Gasteiger partial charge in [0.2, 0.25) is 0 Å². The van der Waals surface area contributed by atoms with Gasteiger partial charge < -0.3 is 5.32 Å². The highest BCUT2D eigenvalue weighted by Gasteiger charge is 2.39. The van der Waals surface area contributed by atoms with Crippen LogP contribution in [0.2, 0.25) is 0 Å². The number of amides is 2. The van der Waals surface area contributed by atoms with Gasteiger partial charge in [-0.1, -0.05) is 65.7 Å². The van der Waals surface area contributed by atoms with E-state index in [1.807, 2.05) is 94.4 Å². The molecule has 1 N–H and O–H groups in total. The third-order valence-corrected chi connectivity index (χ3v) is 5.57. The molecule has 0 bridgehead atoms. The van der Waals surface area contributed by atoms with E-state index in [1.54, 1.807) is 0 Å². The second kappa shape index (κ2) is 8.23. The lowest BCUT2D eigenvalue weighted by molar-refractivity contribution is -0.137. The molecule has 4 rings (SSSR count). The van der Waals surface area contributed by atoms with Crippen LogP contribution in [0.5, 0.6) is 0 Å². The summed E-state index contributed by atoms with van der Waals surface area (Å²) >= 11 is 0. The largest absolute Gasteiger partial charge is 0.350 e. The highest BCUT2D eigenvalue weighted by molar-refractivity contribution is 6.36. The van der Waals surface area contributed by atoms with Crippen LogP contribution in [-0.4, -0.2) is 16.7 Å². The fourth-order valence-corrected chi connectivity index (χ4v) is 3.92. The molecule has 1 aliphatic rings. The van der Waals surface area contributed by atoms with Crippen molar-refractivity contribution in [3.8, 4) is 0 Å². The predicted molar refractivity (Wildman–Crippen MR) is 124 cm³/mol. The minimum Gasteiger partial charge on any atom is -0.350 e. The average Bonchev–Trinajstić information content (AvgIpc) is 2.94. The van der Waals surface area contributed by atoms with Crippen LogP contribution in [0.1, 0.15) is 33.4 Å². The second-order valence-electron chi connectivity index (χ2n) is 8.24. The second-order valence-corrected chi connectivity index (χ2v) is 8.24. The van der Waals surface area contributed by atoms with Crippen LogP contribution >= 0.6 is 0 Å². The van der Waals surface area contributed by atoms with Crippen molar-refractivity contribution in [2.75, 3.05) is 5.32 Å². The van der Waals surface area contributed by atoms with E-state index in [0.29, 0.717) is 11.3 Å². The van der Waals surface area contributed by atoms with Gasteiger partial charge in [-0.2, -0.15) is 0 Å². The molecule has 4 nitrogen and oxygen atoms in total. The molecule has 3 aromatic carbocycles. The number of rotatable bonds is 5. The van der Waals surface area contributed by atoms with E-state index in [1.165, 1.54) is 4.90 Å². The van der Waals surface area contributed by atoms with Crippen LogP contribution in [-0.2, 0) is 16.1 Å². The van der Waals surface area contributed by atoms with Crippen LogP contribution < -0.4 is 5.32 Å². The number of carbonyl (C=O) groups excluding carboxylic acids is 2. The molecule has 0 atom stereocenters. The lowest BCUT2D eigenvalue weighted by atomic mass is 9.97. The van der Waals surface area contributed by atoms with Gasteiger partial charge >= 0.3 is 0 Å². The van der Waals surface area contributed by atoms with Gasteiger partial charge in [-0.15, -0.1) is 0 Å². The first-order valence-electron chi connectivity index (χ1n) is 10.4. The van der Waals surface area contributed by atoms with Crippen molar-refractivity contribution in [1.29, 1.82) is 0 Å². The van der Waals surface area contributed by atoms with Crippen LogP contribution in [0.15, 0.2) is 72.4 Å². The van der Waals surface area contributed by atoms with Crippen LogP contribution in [0, 0.1) is 27.7 Å². The first-order valence-corrected chi connectivity index (χ1v) is 10.4. The van der Waals surface area contributed by atoms with Gasteiger partial charge in [0.1, 0.15) is 5.70 Å². The molecular weight excluding hydrogens is 384 g/mol. The van der Waals surface area contributed by atoms with Gasteiger partial charge in [-0.05, 0) is 62.1 Å². The molecule has 156 valence electrons. The molecule has 31 heavy (non-hydrogen) atoms. The van der Waals surface area contributed by atoms with Crippen molar-refractivity contribution in [3.63, 3.8) is 0 Å². The Kier molecular flexibility index (Phi) is 5.47. The molecule has 0 saturated heterocycles. The van der Waals surface area contributed by atoms with Crippen molar-refractivity contribution in [1.82, 2.24) is 4.90 Å². The van der Waals surface area contributed by atoms with Crippen molar-refractivity contribution in [2.45, 2.75) is 34.2 Å². The third kappa shape index (κ3) is 4.15. The summed E-state index contributed by atoms with van der Waals surface area (Å²) in [5, 5.41) is 3.24. The van der Waals surface area contributed by atoms with Crippen LogP contribution in [0.3, 0.4) is 0 Å². The number of anilines is 1. The molecule has 1 heterocycles. The molecule has 0 saturated carbocycles. The Bertz CT molecular complexity index is 1210. The average molecular weight is 411 g/mol. The summed E-state index contributed by atoms with van der Waals surface area (Å²) < 4.78 is 0. The summed E-state index contributed by atoms with van der Waals surface area (Å²) in [6.07, 6.45) is 0. The number of hydrogen-bond donors (Lipinski definition) is 1. The minimum atomic E-state index is -0.304. The number of imide groups is 1. The smallest absolute Gasteiger partial charge is 0.278 e. The number of carbonyl (C=O) groups is 2. The predicted octanol–water partition coefficient (Wildman–Crippen LogP) is 5.31. The maximum Gasteiger partial charge on any atom is 0.278 e. The van der Waals surface area contributed by atoms with Gasteiger partial charge in [-0.3, -0.25) is 14.5 Å². The Hall–Kier alpha value is -3.66. The lowest BCUT2D eigenvalue weighted by Gasteiger charge is -2.16. The van der Waals surface area contributed by atoms with Gasteiger partial charge in [0.15, 0.2) is 0 Å². The third-order valence-electron chi connectivity index (χ3n) is 5.57. The fourth-order valence-electron chi connectivity index (χ4n) is 3.92. The minimum absolute atomic E-state index is 0.241. The van der Waals surface area contributed by atoms with Gasteiger partial charge in [-0.25, -0.2) is 0 Å². The van der Waals surface area contributed by atoms with E-state index < -0.39 is 0 Å². The summed E-state index contributed by atoms with van der Waals surface area (Å²) in [7, 11) is 0. The summed E-state index contributed by atoms with van der Waals surface area (Å²) in [5.74, 6) is -0.574. The van der Waals surface area contributed by atoms with Crippen molar-refractivity contribution in [3.05, 3.63) is 106 Å². The summed E-state index contributed by atoms with van der Waals surface area (Å²) in [6, 6.07) is 21.6. The molecule has 0 aromatic heterocycles. The Morgan fingerprint density at radius 3 is 2.10 bits per heavy atom. The van der Waals surface area contributed by atoms with E-state index in [-0.39, 0.29) is 18.4 Å². The van der Waals surface area contributed by atoms with Crippen molar-refractivity contribution >= 4 is 23.1 Å². The van der Waals surface area contributed by atoms with Crippen molar-refractivity contribution < 1.29 is 9.59 Å². The molecule has 0 fully saturated rings. The van der Waals surface area contributed by atoms with E-state index in [2.05, 4.69) is 5.32 Å². The number of aryl methyl sites for hydroxylation is 4. The summed E-state index contributed by atoms with van der Waals surface area (Å²) in [5.41, 5.74) is 7.54. The summed E-state index contributed by atoms with van der Waals surface area (Å²) in [6.45, 7) is 8.24. The van der Waals surface area contributed by atoms with Crippen molar-refractivity contribution in [2.24, 2.45) is 0 Å². The molecule has 0 radical (unpaired) electrons. The first-order chi connectivity index (χ1) is 14.8. The van der Waals surface area contributed by atoms with E-state index >= 15 is 0 Å². The van der Waals surface area contributed by atoms with Gasteiger partial charge in [0, 0.05) is 5.69 Å². The zero-order valence-electron chi connectivity index (χ0n) is 18.3. The molecule has 2 amide bonds. The SMILES string of the molecule is Cc1ccc(CN2C(=O)C(Nc3cccc(C)c3)=C(c3ccc(C)cc3C)C2=O)cc1. The number of nitrogens with one attached hydrogen (secondary N) is 1. The van der Waals surface area contributed by atoms with E-state index in [4.69, 9.17) is 0 Å². The molecule has 1 aliphatic heterocycles. The molecular formula is C27H26N2O2. The fraction of sp³-hybridized carbons (Fsp3) is 0.185. The maximum absolute atomic E-state index is 13.5. The summed E-state index contributed by atoms with van der Waals surface area (Å²) in [4.78, 5) is 28.3. The standard InChI is InChI=1S/C27H26N2O2/c1-17-8-11-21(12-9-17)16-29-26(30)24(23-13-10-19(3)14-20(23)4)25(27(29)31)28-22-7-5-6-18(2)15-22/h5-15,28H,16H2,1-4H3. The first kappa shape index (κ1) is 20.6. The number of nitrogens with zero attached hydrogens (tertiary/aromatic N) is 1. The monoisotopic (exact) mass is 410 g/mol. The maximum atomic E-state index is 13.5. The highest BCUT2D eigenvalue weighted by atomic mass is 16.2. The normalized spacial score (nSPS) is 13.9. The van der Waals surface area contributed by atoms with Crippen LogP contribution in [0.4, 0.5) is 5.69 Å². The van der Waals surface area contributed by atoms with E-state index in [9.17, 15) is 9.59 Å². The Morgan fingerprint density at radius 1 is 0.742 bits per heavy atom. The number of hydrogen-bond acceptors (Lipinski definition) is 3. The quantitative estimate of drug-likeness (QED) is 0.580. The molecule has 0 spiro atoms. The highest BCUT2D eigenvalue weighted by Crippen LogP contribution is 2.33.